The Labute approximate surface area is 154 Å². The maximum Gasteiger partial charge on any atom is 0.234 e. The number of thiazole rings is 1. The van der Waals surface area contributed by atoms with Crippen molar-refractivity contribution in [3.05, 3.63) is 29.4 Å². The fourth-order valence-corrected chi connectivity index (χ4v) is 4.48. The van der Waals surface area contributed by atoms with Gasteiger partial charge in [-0.3, -0.25) is 9.78 Å². The number of carbonyl (C=O) groups is 1. The lowest BCUT2D eigenvalue weighted by molar-refractivity contribution is -0.125. The highest BCUT2D eigenvalue weighted by atomic mass is 35.5. The molecule has 0 saturated carbocycles. The van der Waals surface area contributed by atoms with Crippen LogP contribution in [0.1, 0.15) is 20.8 Å². The molecule has 2 aromatic rings. The van der Waals surface area contributed by atoms with E-state index in [1.165, 1.54) is 23.6 Å². The molecule has 0 spiro atoms. The second-order valence-electron chi connectivity index (χ2n) is 5.87. The predicted molar refractivity (Wildman–Crippen MR) is 101 cm³/mol. The van der Waals surface area contributed by atoms with Crippen LogP contribution in [0.25, 0.3) is 10.6 Å². The minimum Gasteiger partial charge on any atom is -0.301 e. The van der Waals surface area contributed by atoms with Crippen LogP contribution in [0.15, 0.2) is 18.5 Å². The van der Waals surface area contributed by atoms with Crippen LogP contribution < -0.4 is 4.90 Å². The molecule has 130 valence electrons. The van der Waals surface area contributed by atoms with E-state index in [9.17, 15) is 9.18 Å². The van der Waals surface area contributed by atoms with Crippen molar-refractivity contribution < 1.29 is 9.18 Å². The Bertz CT molecular complexity index is 736. The summed E-state index contributed by atoms with van der Waals surface area (Å²) in [6.07, 6.45) is 4.63. The van der Waals surface area contributed by atoms with Gasteiger partial charge < -0.3 is 4.90 Å². The normalized spacial score (nSPS) is 11.6. The van der Waals surface area contributed by atoms with Crippen molar-refractivity contribution in [1.82, 2.24) is 9.97 Å². The molecule has 1 amide bonds. The van der Waals surface area contributed by atoms with Gasteiger partial charge in [-0.25, -0.2) is 9.37 Å². The van der Waals surface area contributed by atoms with E-state index >= 15 is 0 Å². The maximum absolute atomic E-state index is 13.4. The first-order chi connectivity index (χ1) is 11.3. The van der Waals surface area contributed by atoms with E-state index in [1.54, 1.807) is 16.7 Å². The summed E-state index contributed by atoms with van der Waals surface area (Å²) in [6.45, 7) is 6.22. The van der Waals surface area contributed by atoms with Gasteiger partial charge in [0.1, 0.15) is 15.8 Å². The van der Waals surface area contributed by atoms with Crippen LogP contribution in [0.4, 0.5) is 9.39 Å². The molecule has 24 heavy (non-hydrogen) atoms. The van der Waals surface area contributed by atoms with Crippen molar-refractivity contribution in [3.63, 3.8) is 0 Å². The molecule has 0 atom stereocenters. The average Bonchev–Trinajstić information content (AvgIpc) is 2.90. The minimum atomic E-state index is -0.511. The van der Waals surface area contributed by atoms with Gasteiger partial charge in [-0.15, -0.1) is 0 Å². The zero-order chi connectivity index (χ0) is 17.9. The van der Waals surface area contributed by atoms with Gasteiger partial charge in [-0.05, 0) is 19.2 Å². The van der Waals surface area contributed by atoms with Crippen LogP contribution in [-0.2, 0) is 4.79 Å². The molecule has 0 fully saturated rings. The average molecular weight is 388 g/mol. The molecular weight excluding hydrogens is 369 g/mol. The molecule has 0 aliphatic carbocycles. The number of carbonyl (C=O) groups excluding carboxylic acids is 1. The second kappa shape index (κ2) is 7.80. The number of rotatable bonds is 6. The van der Waals surface area contributed by atoms with Gasteiger partial charge in [-0.2, -0.15) is 11.8 Å². The third-order valence-electron chi connectivity index (χ3n) is 3.41. The van der Waals surface area contributed by atoms with Crippen molar-refractivity contribution in [2.75, 3.05) is 23.5 Å². The van der Waals surface area contributed by atoms with E-state index in [4.69, 9.17) is 11.6 Å². The van der Waals surface area contributed by atoms with Crippen LogP contribution in [0.2, 0.25) is 5.15 Å². The molecule has 2 rings (SSSR count). The summed E-state index contributed by atoms with van der Waals surface area (Å²) in [5, 5.41) is 1.36. The lowest BCUT2D eigenvalue weighted by Crippen LogP contribution is -2.42. The van der Waals surface area contributed by atoms with Crippen molar-refractivity contribution in [2.24, 2.45) is 5.41 Å². The molecule has 0 bridgehead atoms. The summed E-state index contributed by atoms with van der Waals surface area (Å²) in [5.41, 5.74) is 0.0311. The fourth-order valence-electron chi connectivity index (χ4n) is 2.28. The van der Waals surface area contributed by atoms with Gasteiger partial charge in [-0.1, -0.05) is 36.8 Å². The molecule has 0 aliphatic heterocycles. The molecule has 0 aliphatic rings. The number of pyridine rings is 1. The second-order valence-corrected chi connectivity index (χ2v) is 8.07. The standard InChI is InChI=1S/C16H19ClFN3OS2/c1-5-21(15(22)16(2,3)9-23-4)14-12(17)20-13(24-14)10-6-11(18)8-19-7-10/h6-8H,5,9H2,1-4H3. The number of halogens is 2. The van der Waals surface area contributed by atoms with Gasteiger partial charge >= 0.3 is 0 Å². The quantitative estimate of drug-likeness (QED) is 0.718. The predicted octanol–water partition coefficient (Wildman–Crippen LogP) is 4.74. The van der Waals surface area contributed by atoms with Crippen molar-refractivity contribution >= 4 is 45.6 Å². The van der Waals surface area contributed by atoms with Gasteiger partial charge in [0.25, 0.3) is 0 Å². The van der Waals surface area contributed by atoms with Crippen LogP contribution in [0.3, 0.4) is 0 Å². The lowest BCUT2D eigenvalue weighted by atomic mass is 9.94. The number of amides is 1. The highest BCUT2D eigenvalue weighted by molar-refractivity contribution is 7.98. The topological polar surface area (TPSA) is 46.1 Å². The SMILES string of the molecule is CCN(C(=O)C(C)(C)CSC)c1sc(-c2cncc(F)c2)nc1Cl. The molecule has 0 radical (unpaired) electrons. The number of nitrogens with zero attached hydrogens (tertiary/aromatic N) is 3. The van der Waals surface area contributed by atoms with E-state index in [2.05, 4.69) is 9.97 Å². The zero-order valence-electron chi connectivity index (χ0n) is 14.0. The monoisotopic (exact) mass is 387 g/mol. The highest BCUT2D eigenvalue weighted by Gasteiger charge is 2.33. The molecule has 8 heteroatoms. The lowest BCUT2D eigenvalue weighted by Gasteiger charge is -2.29. The van der Waals surface area contributed by atoms with Crippen molar-refractivity contribution in [2.45, 2.75) is 20.8 Å². The van der Waals surface area contributed by atoms with E-state index < -0.39 is 11.2 Å². The molecular formula is C16H19ClFN3OS2. The smallest absolute Gasteiger partial charge is 0.234 e. The number of anilines is 1. The van der Waals surface area contributed by atoms with Crippen molar-refractivity contribution in [1.29, 1.82) is 0 Å². The Hall–Kier alpha value is -1.18. The summed E-state index contributed by atoms with van der Waals surface area (Å²) in [4.78, 5) is 22.7. The molecule has 0 N–H and O–H groups in total. The zero-order valence-corrected chi connectivity index (χ0v) is 16.4. The van der Waals surface area contributed by atoms with E-state index in [0.29, 0.717) is 27.9 Å². The Morgan fingerprint density at radius 1 is 1.46 bits per heavy atom. The van der Waals surface area contributed by atoms with Gasteiger partial charge in [0.2, 0.25) is 5.91 Å². The molecule has 0 unspecified atom stereocenters. The van der Waals surface area contributed by atoms with E-state index in [-0.39, 0.29) is 11.1 Å². The number of hydrogen-bond donors (Lipinski definition) is 0. The first kappa shape index (κ1) is 19.1. The summed E-state index contributed by atoms with van der Waals surface area (Å²) < 4.78 is 13.4. The Morgan fingerprint density at radius 3 is 2.75 bits per heavy atom. The number of aromatic nitrogens is 2. The van der Waals surface area contributed by atoms with Crippen LogP contribution in [0, 0.1) is 11.2 Å². The van der Waals surface area contributed by atoms with Crippen LogP contribution in [-0.4, -0.2) is 34.4 Å². The van der Waals surface area contributed by atoms with Gasteiger partial charge in [0.15, 0.2) is 5.15 Å². The molecule has 0 aromatic carbocycles. The summed E-state index contributed by atoms with van der Waals surface area (Å²) in [7, 11) is 0. The largest absolute Gasteiger partial charge is 0.301 e. The molecule has 0 saturated heterocycles. The fraction of sp³-hybridized carbons (Fsp3) is 0.438. The van der Waals surface area contributed by atoms with Gasteiger partial charge in [0.05, 0.1) is 11.6 Å². The van der Waals surface area contributed by atoms with Crippen LogP contribution >= 0.6 is 34.7 Å². The highest BCUT2D eigenvalue weighted by Crippen LogP contribution is 2.39. The third-order valence-corrected chi connectivity index (χ3v) is 5.93. The molecule has 4 nitrogen and oxygen atoms in total. The minimum absolute atomic E-state index is 0.00572. The first-order valence-electron chi connectivity index (χ1n) is 7.38. The maximum atomic E-state index is 13.4. The summed E-state index contributed by atoms with van der Waals surface area (Å²) >= 11 is 9.16. The number of hydrogen-bond acceptors (Lipinski definition) is 5. The molecule has 2 heterocycles. The third kappa shape index (κ3) is 4.07. The molecule has 2 aromatic heterocycles. The van der Waals surface area contributed by atoms with Crippen LogP contribution in [0.5, 0.6) is 0 Å². The van der Waals surface area contributed by atoms with E-state index in [0.717, 1.165) is 6.20 Å². The Morgan fingerprint density at radius 2 is 2.17 bits per heavy atom. The van der Waals surface area contributed by atoms with E-state index in [1.807, 2.05) is 27.0 Å². The Kier molecular flexibility index (Phi) is 6.22. The first-order valence-corrected chi connectivity index (χ1v) is 9.97. The van der Waals surface area contributed by atoms with Crippen molar-refractivity contribution in [3.8, 4) is 10.6 Å². The Balaban J connectivity index is 2.38. The summed E-state index contributed by atoms with van der Waals surface area (Å²) in [6, 6.07) is 1.35. The number of thioether (sulfide) groups is 1. The summed E-state index contributed by atoms with van der Waals surface area (Å²) in [5.74, 6) is 0.262. The van der Waals surface area contributed by atoms with Gasteiger partial charge in [0, 0.05) is 24.1 Å².